The topological polar surface area (TPSA) is 175 Å². The molecule has 2 aromatic heterocycles. The minimum atomic E-state index is -0.978. The number of halogens is 2. The number of hydrogen-bond acceptors (Lipinski definition) is 10. The molecule has 0 unspecified atom stereocenters. The van der Waals surface area contributed by atoms with Gasteiger partial charge in [-0.2, -0.15) is 0 Å². The molecule has 0 spiro atoms. The molecule has 2 heterocycles. The van der Waals surface area contributed by atoms with Crippen molar-refractivity contribution in [3.8, 4) is 5.75 Å². The summed E-state index contributed by atoms with van der Waals surface area (Å²) < 4.78 is 27.1. The summed E-state index contributed by atoms with van der Waals surface area (Å²) in [4.78, 5) is 48.1. The summed E-state index contributed by atoms with van der Waals surface area (Å²) in [5.41, 5.74) is -0.702. The lowest BCUT2D eigenvalue weighted by molar-refractivity contribution is -0.127. The standard InChI is InChI=1S/C28H31F2N7O4S2/c1-33-28(7-5-15(6-8-28)26(40)36-12-18-11-34-14-42-18)37(2)27(41)22-24(39)23(38)19(13-35-22)25(32)43-21(31)9-16-3-4-17(29)10-20(16)30/h3-4,10-11,13-15,31-33,39H,5-9,12H2,1-2H3,(H,35,38)(H,36,40). The van der Waals surface area contributed by atoms with Gasteiger partial charge in [0.05, 0.1) is 28.3 Å². The van der Waals surface area contributed by atoms with E-state index >= 15 is 0 Å². The molecule has 43 heavy (non-hydrogen) atoms. The van der Waals surface area contributed by atoms with Crippen LogP contribution in [0, 0.1) is 28.4 Å². The predicted molar refractivity (Wildman–Crippen MR) is 161 cm³/mol. The molecule has 0 aliphatic heterocycles. The van der Waals surface area contributed by atoms with Gasteiger partial charge in [-0.3, -0.25) is 35.5 Å². The minimum Gasteiger partial charge on any atom is -0.503 e. The Morgan fingerprint density at radius 2 is 2.00 bits per heavy atom. The normalized spacial score (nSPS) is 18.2. The van der Waals surface area contributed by atoms with Crippen molar-refractivity contribution in [2.45, 2.75) is 44.3 Å². The van der Waals surface area contributed by atoms with E-state index in [1.807, 2.05) is 0 Å². The van der Waals surface area contributed by atoms with Gasteiger partial charge < -0.3 is 20.3 Å². The van der Waals surface area contributed by atoms with Crippen molar-refractivity contribution in [2.75, 3.05) is 14.1 Å². The summed E-state index contributed by atoms with van der Waals surface area (Å²) in [7, 11) is 3.24. The summed E-state index contributed by atoms with van der Waals surface area (Å²) in [6, 6.07) is 2.95. The van der Waals surface area contributed by atoms with Crippen LogP contribution in [0.4, 0.5) is 8.78 Å². The first-order valence-corrected chi connectivity index (χ1v) is 15.0. The van der Waals surface area contributed by atoms with Gasteiger partial charge in [0.1, 0.15) is 16.7 Å². The van der Waals surface area contributed by atoms with E-state index in [-0.39, 0.29) is 40.1 Å². The molecule has 15 heteroatoms. The molecule has 0 atom stereocenters. The first-order chi connectivity index (χ1) is 20.5. The number of nitrogens with one attached hydrogen (secondary N) is 5. The van der Waals surface area contributed by atoms with Crippen LogP contribution in [-0.2, 0) is 17.8 Å². The summed E-state index contributed by atoms with van der Waals surface area (Å²) in [6.45, 7) is 0.405. The van der Waals surface area contributed by atoms with Gasteiger partial charge in [0.25, 0.3) is 5.91 Å². The molecule has 228 valence electrons. The second-order valence-electron chi connectivity index (χ2n) is 10.1. The van der Waals surface area contributed by atoms with Gasteiger partial charge in [0.2, 0.25) is 11.3 Å². The molecule has 6 N–H and O–H groups in total. The molecule has 1 aliphatic carbocycles. The fraction of sp³-hybridized carbons (Fsp3) is 0.357. The Morgan fingerprint density at radius 3 is 2.63 bits per heavy atom. The molecule has 1 saturated carbocycles. The molecule has 11 nitrogen and oxygen atoms in total. The summed E-state index contributed by atoms with van der Waals surface area (Å²) in [5.74, 6) is -3.43. The monoisotopic (exact) mass is 631 g/mol. The van der Waals surface area contributed by atoms with Gasteiger partial charge >= 0.3 is 0 Å². The van der Waals surface area contributed by atoms with E-state index in [1.165, 1.54) is 22.3 Å². The first-order valence-electron chi connectivity index (χ1n) is 13.3. The van der Waals surface area contributed by atoms with Crippen LogP contribution in [0.5, 0.6) is 5.75 Å². The maximum atomic E-state index is 13.9. The number of thioether (sulfide) groups is 1. The highest BCUT2D eigenvalue weighted by Gasteiger charge is 2.42. The molecule has 1 fully saturated rings. The number of thiazole rings is 1. The highest BCUT2D eigenvalue weighted by molar-refractivity contribution is 8.26. The van der Waals surface area contributed by atoms with Crippen molar-refractivity contribution in [2.24, 2.45) is 5.92 Å². The zero-order chi connectivity index (χ0) is 31.3. The van der Waals surface area contributed by atoms with Crippen LogP contribution in [0.25, 0.3) is 0 Å². The Kier molecular flexibility index (Phi) is 10.1. The largest absolute Gasteiger partial charge is 0.503 e. The fourth-order valence-corrected chi connectivity index (χ4v) is 6.29. The number of pyridine rings is 1. The highest BCUT2D eigenvalue weighted by atomic mass is 32.2. The molecule has 0 bridgehead atoms. The molecule has 2 amide bonds. The number of hydrogen-bond donors (Lipinski definition) is 6. The van der Waals surface area contributed by atoms with E-state index < -0.39 is 39.4 Å². The van der Waals surface area contributed by atoms with Crippen LogP contribution in [0.1, 0.15) is 52.2 Å². The van der Waals surface area contributed by atoms with E-state index in [2.05, 4.69) is 20.6 Å². The lowest BCUT2D eigenvalue weighted by Crippen LogP contribution is -2.60. The Balaban J connectivity index is 1.40. The number of rotatable bonds is 9. The van der Waals surface area contributed by atoms with Crippen LogP contribution >= 0.6 is 23.1 Å². The third-order valence-corrected chi connectivity index (χ3v) is 9.22. The third-order valence-electron chi connectivity index (χ3n) is 7.62. The number of aromatic amines is 1. The van der Waals surface area contributed by atoms with E-state index in [4.69, 9.17) is 10.8 Å². The second kappa shape index (κ2) is 13.6. The average molecular weight is 632 g/mol. The number of carbonyl (C=O) groups is 2. The van der Waals surface area contributed by atoms with Crippen molar-refractivity contribution in [3.63, 3.8) is 0 Å². The summed E-state index contributed by atoms with van der Waals surface area (Å²) in [5, 5.41) is 32.6. The summed E-state index contributed by atoms with van der Waals surface area (Å²) >= 11 is 2.03. The van der Waals surface area contributed by atoms with Gasteiger partial charge in [0.15, 0.2) is 11.4 Å². The van der Waals surface area contributed by atoms with Crippen LogP contribution in [0.2, 0.25) is 0 Å². The average Bonchev–Trinajstić information content (AvgIpc) is 3.52. The van der Waals surface area contributed by atoms with Crippen LogP contribution in [0.3, 0.4) is 0 Å². The second-order valence-corrected chi connectivity index (χ2v) is 12.2. The van der Waals surface area contributed by atoms with Gasteiger partial charge in [-0.05, 0) is 44.4 Å². The number of aromatic nitrogens is 2. The molecule has 0 radical (unpaired) electrons. The van der Waals surface area contributed by atoms with Gasteiger partial charge in [-0.15, -0.1) is 11.3 Å². The van der Waals surface area contributed by atoms with Crippen molar-refractivity contribution >= 4 is 45.0 Å². The van der Waals surface area contributed by atoms with Crippen LogP contribution < -0.4 is 16.1 Å². The van der Waals surface area contributed by atoms with Crippen LogP contribution in [0.15, 0.2) is 40.9 Å². The highest BCUT2D eigenvalue weighted by Crippen LogP contribution is 2.35. The molecule has 1 aliphatic rings. The number of aromatic hydroxyl groups is 1. The lowest BCUT2D eigenvalue weighted by Gasteiger charge is -2.46. The van der Waals surface area contributed by atoms with Crippen LogP contribution in [-0.4, -0.2) is 61.6 Å². The van der Waals surface area contributed by atoms with Crippen molar-refractivity contribution in [1.82, 2.24) is 25.5 Å². The number of benzene rings is 1. The molecule has 3 aromatic rings. The van der Waals surface area contributed by atoms with E-state index in [1.54, 1.807) is 25.8 Å². The summed E-state index contributed by atoms with van der Waals surface area (Å²) in [6.07, 6.45) is 4.51. The number of amides is 2. The SMILES string of the molecule is CNC1(N(C)C(=O)c2[nH]cc(C(=N)SC(=N)Cc3ccc(F)cc3F)c(=O)c2O)CCC(C(=O)NCc2cncs2)CC1. The van der Waals surface area contributed by atoms with Crippen molar-refractivity contribution < 1.29 is 23.5 Å². The zero-order valence-corrected chi connectivity index (χ0v) is 25.1. The maximum absolute atomic E-state index is 13.9. The van der Waals surface area contributed by atoms with E-state index in [0.29, 0.717) is 50.1 Å². The Bertz CT molecular complexity index is 1590. The van der Waals surface area contributed by atoms with Crippen molar-refractivity contribution in [1.29, 1.82) is 10.8 Å². The number of nitrogens with zero attached hydrogens (tertiary/aromatic N) is 2. The molecular weight excluding hydrogens is 600 g/mol. The Hall–Kier alpha value is -3.95. The van der Waals surface area contributed by atoms with Gasteiger partial charge in [-0.1, -0.05) is 17.8 Å². The van der Waals surface area contributed by atoms with Gasteiger partial charge in [-0.25, -0.2) is 8.78 Å². The molecule has 4 rings (SSSR count). The van der Waals surface area contributed by atoms with E-state index in [0.717, 1.165) is 17.1 Å². The number of carbonyl (C=O) groups excluding carboxylic acids is 2. The number of H-pyrrole nitrogens is 1. The van der Waals surface area contributed by atoms with Crippen molar-refractivity contribution in [3.05, 3.63) is 79.7 Å². The fourth-order valence-electron chi connectivity index (χ4n) is 5.02. The third kappa shape index (κ3) is 7.17. The minimum absolute atomic E-state index is 0.0523. The zero-order valence-electron chi connectivity index (χ0n) is 23.4. The predicted octanol–water partition coefficient (Wildman–Crippen LogP) is 3.59. The first kappa shape index (κ1) is 32.0. The quantitative estimate of drug-likeness (QED) is 0.119. The Labute approximate surface area is 254 Å². The van der Waals surface area contributed by atoms with E-state index in [9.17, 15) is 28.3 Å². The smallest absolute Gasteiger partial charge is 0.275 e. The molecule has 1 aromatic carbocycles. The maximum Gasteiger partial charge on any atom is 0.275 e. The lowest BCUT2D eigenvalue weighted by atomic mass is 9.80. The Morgan fingerprint density at radius 1 is 1.28 bits per heavy atom. The molecule has 0 saturated heterocycles. The van der Waals surface area contributed by atoms with Gasteiger partial charge in [0, 0.05) is 42.7 Å². The molecular formula is C28H31F2N7O4S2.